The minimum atomic E-state index is 0.0179. The fourth-order valence-corrected chi connectivity index (χ4v) is 1.16. The van der Waals surface area contributed by atoms with Crippen molar-refractivity contribution in [3.05, 3.63) is 42.0 Å². The highest BCUT2D eigenvalue weighted by molar-refractivity contribution is 5.65. The van der Waals surface area contributed by atoms with Gasteiger partial charge in [0.15, 0.2) is 0 Å². The Labute approximate surface area is 78.2 Å². The van der Waals surface area contributed by atoms with Gasteiger partial charge < -0.3 is 10.2 Å². The highest BCUT2D eigenvalue weighted by Gasteiger charge is 1.97. The van der Waals surface area contributed by atoms with Gasteiger partial charge >= 0.3 is 0 Å². The van der Waals surface area contributed by atoms with Crippen LogP contribution in [0.25, 0.3) is 5.57 Å². The maximum Gasteiger partial charge on any atom is 0.0684 e. The van der Waals surface area contributed by atoms with Crippen molar-refractivity contribution >= 4 is 5.57 Å². The van der Waals surface area contributed by atoms with Gasteiger partial charge in [-0.05, 0) is 17.6 Å². The number of aliphatic hydroxyl groups is 2. The second-order valence-electron chi connectivity index (χ2n) is 2.77. The Kier molecular flexibility index (Phi) is 4.23. The van der Waals surface area contributed by atoms with E-state index >= 15 is 0 Å². The van der Waals surface area contributed by atoms with Gasteiger partial charge in [0.1, 0.15) is 0 Å². The first-order valence-corrected chi connectivity index (χ1v) is 4.34. The molecule has 0 aromatic heterocycles. The van der Waals surface area contributed by atoms with Crippen molar-refractivity contribution in [3.8, 4) is 0 Å². The van der Waals surface area contributed by atoms with Crippen molar-refractivity contribution in [1.29, 1.82) is 0 Å². The van der Waals surface area contributed by atoms with Gasteiger partial charge in [0.2, 0.25) is 0 Å². The van der Waals surface area contributed by atoms with E-state index in [-0.39, 0.29) is 13.2 Å². The molecule has 70 valence electrons. The predicted molar refractivity (Wildman–Crippen MR) is 53.2 cm³/mol. The lowest BCUT2D eigenvalue weighted by Crippen LogP contribution is -1.91. The fraction of sp³-hybridized carbons (Fsp3) is 0.273. The quantitative estimate of drug-likeness (QED) is 0.732. The van der Waals surface area contributed by atoms with Crippen molar-refractivity contribution < 1.29 is 10.2 Å². The molecule has 1 aromatic carbocycles. The molecular formula is C11H14O2. The molecule has 1 rings (SSSR count). The number of rotatable bonds is 4. The van der Waals surface area contributed by atoms with Crippen LogP contribution < -0.4 is 0 Å². The van der Waals surface area contributed by atoms with E-state index in [1.165, 1.54) is 0 Å². The first kappa shape index (κ1) is 9.96. The van der Waals surface area contributed by atoms with Gasteiger partial charge in [0.25, 0.3) is 0 Å². The van der Waals surface area contributed by atoms with Crippen LogP contribution in [0.15, 0.2) is 36.4 Å². The molecule has 0 heterocycles. The van der Waals surface area contributed by atoms with E-state index in [1.54, 1.807) is 0 Å². The minimum absolute atomic E-state index is 0.0179. The standard InChI is InChI=1S/C11H14O2/c12-8-4-7-11(9-13)10-5-2-1-3-6-10/h1-3,5-7,12-13H,4,8-9H2. The first-order valence-electron chi connectivity index (χ1n) is 4.34. The molecule has 1 aromatic rings. The van der Waals surface area contributed by atoms with Crippen LogP contribution in [0.1, 0.15) is 12.0 Å². The second kappa shape index (κ2) is 5.51. The molecule has 0 fully saturated rings. The van der Waals surface area contributed by atoms with Crippen molar-refractivity contribution in [2.24, 2.45) is 0 Å². The molecule has 2 N–H and O–H groups in total. The van der Waals surface area contributed by atoms with E-state index in [9.17, 15) is 0 Å². The monoisotopic (exact) mass is 178 g/mol. The molecule has 2 nitrogen and oxygen atoms in total. The lowest BCUT2D eigenvalue weighted by molar-refractivity contribution is 0.302. The van der Waals surface area contributed by atoms with Gasteiger partial charge in [-0.15, -0.1) is 0 Å². The normalized spacial score (nSPS) is 11.7. The Balaban J connectivity index is 2.78. The molecule has 13 heavy (non-hydrogen) atoms. The van der Waals surface area contributed by atoms with Crippen molar-refractivity contribution in [1.82, 2.24) is 0 Å². The van der Waals surface area contributed by atoms with Gasteiger partial charge in [0.05, 0.1) is 6.61 Å². The molecule has 0 unspecified atom stereocenters. The molecule has 0 radical (unpaired) electrons. The van der Waals surface area contributed by atoms with Crippen LogP contribution >= 0.6 is 0 Å². The van der Waals surface area contributed by atoms with Crippen molar-refractivity contribution in [2.75, 3.05) is 13.2 Å². The fourth-order valence-electron chi connectivity index (χ4n) is 1.16. The van der Waals surface area contributed by atoms with E-state index in [0.717, 1.165) is 11.1 Å². The summed E-state index contributed by atoms with van der Waals surface area (Å²) >= 11 is 0. The zero-order valence-electron chi connectivity index (χ0n) is 7.48. The Morgan fingerprint density at radius 1 is 1.15 bits per heavy atom. The molecule has 0 aliphatic carbocycles. The van der Waals surface area contributed by atoms with Crippen LogP contribution in [0, 0.1) is 0 Å². The number of hydrogen-bond donors (Lipinski definition) is 2. The number of benzene rings is 1. The average Bonchev–Trinajstić information content (AvgIpc) is 2.21. The third-order valence-electron chi connectivity index (χ3n) is 1.83. The van der Waals surface area contributed by atoms with Gasteiger partial charge in [-0.2, -0.15) is 0 Å². The molecule has 0 amide bonds. The Morgan fingerprint density at radius 2 is 1.85 bits per heavy atom. The highest BCUT2D eigenvalue weighted by atomic mass is 16.3. The average molecular weight is 178 g/mol. The van der Waals surface area contributed by atoms with Crippen molar-refractivity contribution in [2.45, 2.75) is 6.42 Å². The molecule has 0 saturated heterocycles. The van der Waals surface area contributed by atoms with Gasteiger partial charge in [0, 0.05) is 6.61 Å². The molecule has 2 heteroatoms. The van der Waals surface area contributed by atoms with E-state index in [1.807, 2.05) is 36.4 Å². The van der Waals surface area contributed by atoms with Crippen LogP contribution in [0.3, 0.4) is 0 Å². The van der Waals surface area contributed by atoms with Crippen LogP contribution in [-0.2, 0) is 0 Å². The zero-order chi connectivity index (χ0) is 9.52. The molecule has 0 aliphatic heterocycles. The van der Waals surface area contributed by atoms with E-state index < -0.39 is 0 Å². The summed E-state index contributed by atoms with van der Waals surface area (Å²) in [5.74, 6) is 0. The van der Waals surface area contributed by atoms with E-state index in [0.29, 0.717) is 6.42 Å². The zero-order valence-corrected chi connectivity index (χ0v) is 7.48. The van der Waals surface area contributed by atoms with Crippen LogP contribution in [0.2, 0.25) is 0 Å². The summed E-state index contributed by atoms with van der Waals surface area (Å²) in [6.45, 7) is 0.139. The Hall–Kier alpha value is -1.12. The van der Waals surface area contributed by atoms with Gasteiger partial charge in [-0.25, -0.2) is 0 Å². The summed E-state index contributed by atoms with van der Waals surface area (Å²) in [6, 6.07) is 9.68. The second-order valence-corrected chi connectivity index (χ2v) is 2.77. The SMILES string of the molecule is OCCC=C(CO)c1ccccc1. The molecule has 0 saturated carbocycles. The predicted octanol–water partition coefficient (Wildman–Crippen LogP) is 1.44. The summed E-state index contributed by atoms with van der Waals surface area (Å²) in [4.78, 5) is 0. The molecule has 0 bridgehead atoms. The smallest absolute Gasteiger partial charge is 0.0684 e. The Bertz CT molecular complexity index is 265. The molecular weight excluding hydrogens is 164 g/mol. The summed E-state index contributed by atoms with van der Waals surface area (Å²) < 4.78 is 0. The van der Waals surface area contributed by atoms with Gasteiger partial charge in [-0.3, -0.25) is 0 Å². The minimum Gasteiger partial charge on any atom is -0.396 e. The maximum absolute atomic E-state index is 9.06. The third kappa shape index (κ3) is 3.01. The summed E-state index contributed by atoms with van der Waals surface area (Å²) in [5, 5.41) is 17.7. The first-order chi connectivity index (χ1) is 6.38. The maximum atomic E-state index is 9.06. The Morgan fingerprint density at radius 3 is 2.38 bits per heavy atom. The summed E-state index contributed by atoms with van der Waals surface area (Å²) in [7, 11) is 0. The number of aliphatic hydroxyl groups excluding tert-OH is 2. The van der Waals surface area contributed by atoms with Crippen molar-refractivity contribution in [3.63, 3.8) is 0 Å². The molecule has 0 aliphatic rings. The van der Waals surface area contributed by atoms with Crippen LogP contribution in [0.4, 0.5) is 0 Å². The van der Waals surface area contributed by atoms with E-state index in [4.69, 9.17) is 10.2 Å². The summed E-state index contributed by atoms with van der Waals surface area (Å²) in [6.07, 6.45) is 2.44. The lowest BCUT2D eigenvalue weighted by Gasteiger charge is -2.03. The van der Waals surface area contributed by atoms with Crippen LogP contribution in [0.5, 0.6) is 0 Å². The third-order valence-corrected chi connectivity index (χ3v) is 1.83. The van der Waals surface area contributed by atoms with E-state index in [2.05, 4.69) is 0 Å². The lowest BCUT2D eigenvalue weighted by atomic mass is 10.1. The topological polar surface area (TPSA) is 40.5 Å². The summed E-state index contributed by atoms with van der Waals surface area (Å²) in [5.41, 5.74) is 1.88. The number of hydrogen-bond acceptors (Lipinski definition) is 2. The molecule has 0 atom stereocenters. The largest absolute Gasteiger partial charge is 0.396 e. The molecule has 0 spiro atoms. The van der Waals surface area contributed by atoms with Gasteiger partial charge in [-0.1, -0.05) is 36.4 Å². The van der Waals surface area contributed by atoms with Crippen LogP contribution in [-0.4, -0.2) is 23.4 Å². The highest BCUT2D eigenvalue weighted by Crippen LogP contribution is 2.13.